The number of benzene rings is 1. The zero-order valence-electron chi connectivity index (χ0n) is 11.3. The first-order valence-electron chi connectivity index (χ1n) is 6.39. The van der Waals surface area contributed by atoms with Gasteiger partial charge in [-0.05, 0) is 31.8 Å². The highest BCUT2D eigenvalue weighted by Crippen LogP contribution is 2.26. The predicted molar refractivity (Wildman–Crippen MR) is 76.4 cm³/mol. The van der Waals surface area contributed by atoms with Crippen LogP contribution in [0.2, 0.25) is 0 Å². The smallest absolute Gasteiger partial charge is 0.0491 e. The lowest BCUT2D eigenvalue weighted by molar-refractivity contribution is 0.202. The Morgan fingerprint density at radius 1 is 1.22 bits per heavy atom. The van der Waals surface area contributed by atoms with Gasteiger partial charge >= 0.3 is 0 Å². The minimum Gasteiger partial charge on any atom is -0.329 e. The van der Waals surface area contributed by atoms with Crippen LogP contribution in [-0.2, 0) is 0 Å². The maximum Gasteiger partial charge on any atom is 0.0491 e. The van der Waals surface area contributed by atoms with Gasteiger partial charge in [0, 0.05) is 36.4 Å². The van der Waals surface area contributed by atoms with Crippen molar-refractivity contribution in [2.45, 2.75) is 25.9 Å². The highest BCUT2D eigenvalue weighted by molar-refractivity contribution is 5.85. The van der Waals surface area contributed by atoms with E-state index in [2.05, 4.69) is 49.0 Å². The second-order valence-corrected chi connectivity index (χ2v) is 4.96. The average molecular weight is 243 g/mol. The quantitative estimate of drug-likeness (QED) is 0.897. The fraction of sp³-hybridized carbons (Fsp3) is 0.400. The number of hydrogen-bond donors (Lipinski definition) is 1. The van der Waals surface area contributed by atoms with Crippen LogP contribution in [0.3, 0.4) is 0 Å². The van der Waals surface area contributed by atoms with Crippen molar-refractivity contribution in [3.05, 3.63) is 42.2 Å². The fourth-order valence-electron chi connectivity index (χ4n) is 2.28. The van der Waals surface area contributed by atoms with E-state index in [1.54, 1.807) is 0 Å². The van der Waals surface area contributed by atoms with Crippen LogP contribution in [0.4, 0.5) is 0 Å². The number of nitrogens with two attached hydrogens (primary N) is 1. The van der Waals surface area contributed by atoms with Crippen LogP contribution in [0.1, 0.15) is 25.5 Å². The first-order valence-corrected chi connectivity index (χ1v) is 6.39. The molecule has 2 aromatic rings. The molecule has 96 valence electrons. The average Bonchev–Trinajstić information content (AvgIpc) is 2.39. The minimum atomic E-state index is 0.212. The number of rotatable bonds is 4. The van der Waals surface area contributed by atoms with Crippen molar-refractivity contribution in [1.82, 2.24) is 9.88 Å². The predicted octanol–water partition coefficient (Wildman–Crippen LogP) is 2.57. The summed E-state index contributed by atoms with van der Waals surface area (Å²) in [4.78, 5) is 6.64. The second kappa shape index (κ2) is 5.46. The van der Waals surface area contributed by atoms with Gasteiger partial charge in [0.05, 0.1) is 0 Å². The minimum absolute atomic E-state index is 0.212. The standard InChI is InChI=1S/C15H21N3/c1-11(2)18(3)15(8-16)14-10-17-9-12-6-4-5-7-13(12)14/h4-7,9-11,15H,8,16H2,1-3H3. The summed E-state index contributed by atoms with van der Waals surface area (Å²) in [5, 5.41) is 2.42. The van der Waals surface area contributed by atoms with Gasteiger partial charge in [-0.1, -0.05) is 24.3 Å². The molecule has 0 saturated heterocycles. The first-order chi connectivity index (χ1) is 8.65. The molecule has 2 rings (SSSR count). The summed E-state index contributed by atoms with van der Waals surface area (Å²) in [7, 11) is 2.12. The molecule has 0 aliphatic carbocycles. The number of nitrogens with zero attached hydrogens (tertiary/aromatic N) is 2. The maximum absolute atomic E-state index is 5.97. The first kappa shape index (κ1) is 13.0. The lowest BCUT2D eigenvalue weighted by atomic mass is 10.00. The Balaban J connectivity index is 2.51. The molecule has 0 fully saturated rings. The van der Waals surface area contributed by atoms with E-state index in [9.17, 15) is 0 Å². The lowest BCUT2D eigenvalue weighted by Crippen LogP contribution is -2.35. The van der Waals surface area contributed by atoms with Crippen molar-refractivity contribution >= 4 is 10.8 Å². The Morgan fingerprint density at radius 3 is 2.61 bits per heavy atom. The van der Waals surface area contributed by atoms with Gasteiger partial charge < -0.3 is 5.73 Å². The van der Waals surface area contributed by atoms with Crippen LogP contribution in [0.5, 0.6) is 0 Å². The van der Waals surface area contributed by atoms with Crippen LogP contribution in [0.25, 0.3) is 10.8 Å². The molecule has 1 heterocycles. The van der Waals surface area contributed by atoms with Gasteiger partial charge in [0.25, 0.3) is 0 Å². The summed E-state index contributed by atoms with van der Waals surface area (Å²) >= 11 is 0. The Labute approximate surface area is 109 Å². The highest BCUT2D eigenvalue weighted by Gasteiger charge is 2.19. The third-order valence-corrected chi connectivity index (χ3v) is 3.59. The maximum atomic E-state index is 5.97. The summed E-state index contributed by atoms with van der Waals surface area (Å²) in [5.74, 6) is 0. The van der Waals surface area contributed by atoms with Crippen molar-refractivity contribution in [3.63, 3.8) is 0 Å². The van der Waals surface area contributed by atoms with E-state index in [4.69, 9.17) is 5.73 Å². The molecule has 1 unspecified atom stereocenters. The van der Waals surface area contributed by atoms with Crippen molar-refractivity contribution in [2.24, 2.45) is 5.73 Å². The van der Waals surface area contributed by atoms with Crippen LogP contribution in [-0.4, -0.2) is 29.5 Å². The number of likely N-dealkylation sites (N-methyl/N-ethyl adjacent to an activating group) is 1. The van der Waals surface area contributed by atoms with Crippen molar-refractivity contribution < 1.29 is 0 Å². The van der Waals surface area contributed by atoms with E-state index >= 15 is 0 Å². The molecule has 0 radical (unpaired) electrons. The number of fused-ring (bicyclic) bond motifs is 1. The molecule has 1 aromatic heterocycles. The van der Waals surface area contributed by atoms with Crippen LogP contribution in [0, 0.1) is 0 Å². The molecule has 0 bridgehead atoms. The number of pyridine rings is 1. The second-order valence-electron chi connectivity index (χ2n) is 4.96. The monoisotopic (exact) mass is 243 g/mol. The molecule has 2 N–H and O–H groups in total. The van der Waals surface area contributed by atoms with Crippen molar-refractivity contribution in [3.8, 4) is 0 Å². The van der Waals surface area contributed by atoms with Crippen LogP contribution < -0.4 is 5.73 Å². The molecular weight excluding hydrogens is 222 g/mol. The molecule has 3 heteroatoms. The molecule has 0 aliphatic heterocycles. The number of aromatic nitrogens is 1. The van der Waals surface area contributed by atoms with Gasteiger partial charge in [-0.15, -0.1) is 0 Å². The molecule has 0 spiro atoms. The normalized spacial score (nSPS) is 13.4. The summed E-state index contributed by atoms with van der Waals surface area (Å²) < 4.78 is 0. The molecule has 1 atom stereocenters. The molecule has 18 heavy (non-hydrogen) atoms. The SMILES string of the molecule is CC(C)N(C)C(CN)c1cncc2ccccc12. The Kier molecular flexibility index (Phi) is 3.94. The summed E-state index contributed by atoms with van der Waals surface area (Å²) in [5.41, 5.74) is 7.18. The largest absolute Gasteiger partial charge is 0.329 e. The van der Waals surface area contributed by atoms with Gasteiger partial charge in [-0.25, -0.2) is 0 Å². The number of hydrogen-bond acceptors (Lipinski definition) is 3. The zero-order valence-corrected chi connectivity index (χ0v) is 11.3. The molecule has 3 nitrogen and oxygen atoms in total. The molecular formula is C15H21N3. The van der Waals surface area contributed by atoms with E-state index in [-0.39, 0.29) is 6.04 Å². The van der Waals surface area contributed by atoms with Gasteiger partial charge in [0.1, 0.15) is 0 Å². The Hall–Kier alpha value is -1.45. The molecule has 0 amide bonds. The molecule has 1 aromatic carbocycles. The third-order valence-electron chi connectivity index (χ3n) is 3.59. The summed E-state index contributed by atoms with van der Waals surface area (Å²) in [6, 6.07) is 9.01. The highest BCUT2D eigenvalue weighted by atomic mass is 15.2. The van der Waals surface area contributed by atoms with Gasteiger partial charge in [0.2, 0.25) is 0 Å². The zero-order chi connectivity index (χ0) is 13.1. The van der Waals surface area contributed by atoms with Crippen LogP contribution in [0.15, 0.2) is 36.7 Å². The van der Waals surface area contributed by atoms with E-state index < -0.39 is 0 Å². The van der Waals surface area contributed by atoms with E-state index in [1.165, 1.54) is 16.3 Å². The van der Waals surface area contributed by atoms with E-state index in [0.717, 1.165) is 0 Å². The van der Waals surface area contributed by atoms with Gasteiger partial charge in [0.15, 0.2) is 0 Å². The Bertz CT molecular complexity index is 517. The van der Waals surface area contributed by atoms with Crippen molar-refractivity contribution in [1.29, 1.82) is 0 Å². The third kappa shape index (κ3) is 2.37. The van der Waals surface area contributed by atoms with Crippen LogP contribution >= 0.6 is 0 Å². The van der Waals surface area contributed by atoms with Gasteiger partial charge in [-0.2, -0.15) is 0 Å². The topological polar surface area (TPSA) is 42.1 Å². The fourth-order valence-corrected chi connectivity index (χ4v) is 2.28. The molecule has 0 aliphatic rings. The van der Waals surface area contributed by atoms with E-state index in [1.807, 2.05) is 18.5 Å². The van der Waals surface area contributed by atoms with E-state index in [0.29, 0.717) is 12.6 Å². The van der Waals surface area contributed by atoms with Crippen molar-refractivity contribution in [2.75, 3.05) is 13.6 Å². The molecule has 0 saturated carbocycles. The summed E-state index contributed by atoms with van der Waals surface area (Å²) in [6.45, 7) is 4.97. The van der Waals surface area contributed by atoms with Gasteiger partial charge in [-0.3, -0.25) is 9.88 Å². The Morgan fingerprint density at radius 2 is 1.94 bits per heavy atom. The lowest BCUT2D eigenvalue weighted by Gasteiger charge is -2.31. The summed E-state index contributed by atoms with van der Waals surface area (Å²) in [6.07, 6.45) is 3.85.